The number of aromatic hydroxyl groups is 2. The van der Waals surface area contributed by atoms with E-state index in [-0.39, 0.29) is 24.1 Å². The molecule has 0 spiro atoms. The lowest BCUT2D eigenvalue weighted by Gasteiger charge is -2.23. The van der Waals surface area contributed by atoms with Crippen molar-refractivity contribution in [2.45, 2.75) is 73.0 Å². The molecule has 5 heteroatoms. The Hall–Kier alpha value is -2.95. The van der Waals surface area contributed by atoms with Crippen molar-refractivity contribution in [2.75, 3.05) is 7.05 Å². The van der Waals surface area contributed by atoms with Gasteiger partial charge in [0.05, 0.1) is 18.2 Å². The lowest BCUT2D eigenvalue weighted by Crippen LogP contribution is -2.29. The number of phenolic OH excluding ortho intramolecular Hbond substituents is 2. The van der Waals surface area contributed by atoms with Gasteiger partial charge in [-0.1, -0.05) is 55.7 Å². The second-order valence-electron chi connectivity index (χ2n) is 8.83. The summed E-state index contributed by atoms with van der Waals surface area (Å²) in [6.07, 6.45) is 3.07. The van der Waals surface area contributed by atoms with Crippen molar-refractivity contribution < 1.29 is 19.7 Å². The minimum absolute atomic E-state index is 0.00574. The smallest absolute Gasteiger partial charge is 0.410 e. The van der Waals surface area contributed by atoms with Crippen LogP contribution in [0.4, 0.5) is 4.79 Å². The van der Waals surface area contributed by atoms with Crippen LogP contribution in [-0.4, -0.2) is 34.4 Å². The van der Waals surface area contributed by atoms with Crippen LogP contribution in [0, 0.1) is 6.92 Å². The van der Waals surface area contributed by atoms with E-state index in [4.69, 9.17) is 4.74 Å². The SMILES string of the molecule is C=C(C)c1ccc(C)cc1-c1c(O)cc(CCCCC)c(CN(C)C(=O)OC(C)C)c1O. The topological polar surface area (TPSA) is 70.0 Å². The van der Waals surface area contributed by atoms with E-state index in [0.29, 0.717) is 17.5 Å². The van der Waals surface area contributed by atoms with Crippen molar-refractivity contribution in [1.29, 1.82) is 0 Å². The van der Waals surface area contributed by atoms with Crippen LogP contribution in [0.1, 0.15) is 69.2 Å². The fourth-order valence-electron chi connectivity index (χ4n) is 3.81. The molecule has 32 heavy (non-hydrogen) atoms. The Morgan fingerprint density at radius 1 is 1.19 bits per heavy atom. The van der Waals surface area contributed by atoms with Crippen LogP contribution in [0.3, 0.4) is 0 Å². The summed E-state index contributed by atoms with van der Waals surface area (Å²) in [5, 5.41) is 22.4. The zero-order chi connectivity index (χ0) is 24.0. The van der Waals surface area contributed by atoms with E-state index in [2.05, 4.69) is 13.5 Å². The van der Waals surface area contributed by atoms with E-state index in [1.807, 2.05) is 32.0 Å². The van der Waals surface area contributed by atoms with E-state index in [1.165, 1.54) is 4.90 Å². The highest BCUT2D eigenvalue weighted by Gasteiger charge is 2.23. The minimum atomic E-state index is -0.452. The fourth-order valence-corrected chi connectivity index (χ4v) is 3.81. The molecule has 0 radical (unpaired) electrons. The number of ether oxygens (including phenoxy) is 1. The van der Waals surface area contributed by atoms with Gasteiger partial charge in [0.15, 0.2) is 0 Å². The molecule has 0 saturated heterocycles. The number of allylic oxidation sites excluding steroid dienone is 1. The second kappa shape index (κ2) is 11.1. The number of hydrogen-bond donors (Lipinski definition) is 2. The van der Waals surface area contributed by atoms with Crippen LogP contribution >= 0.6 is 0 Å². The van der Waals surface area contributed by atoms with Gasteiger partial charge in [-0.2, -0.15) is 0 Å². The summed E-state index contributed by atoms with van der Waals surface area (Å²) in [6.45, 7) is 13.8. The highest BCUT2D eigenvalue weighted by atomic mass is 16.6. The van der Waals surface area contributed by atoms with Gasteiger partial charge >= 0.3 is 6.09 Å². The number of phenols is 2. The number of rotatable bonds is 9. The maximum absolute atomic E-state index is 12.4. The average Bonchev–Trinajstić information content (AvgIpc) is 2.70. The van der Waals surface area contributed by atoms with Crippen LogP contribution in [-0.2, 0) is 17.7 Å². The number of aryl methyl sites for hydroxylation is 2. The molecular weight excluding hydrogens is 402 g/mol. The van der Waals surface area contributed by atoms with E-state index in [1.54, 1.807) is 27.0 Å². The first-order valence-electron chi connectivity index (χ1n) is 11.3. The minimum Gasteiger partial charge on any atom is -0.507 e. The van der Waals surface area contributed by atoms with Crippen LogP contribution < -0.4 is 0 Å². The molecule has 0 bridgehead atoms. The van der Waals surface area contributed by atoms with E-state index in [9.17, 15) is 15.0 Å². The number of nitrogens with zero attached hydrogens (tertiary/aromatic N) is 1. The van der Waals surface area contributed by atoms with Crippen LogP contribution in [0.25, 0.3) is 16.7 Å². The lowest BCUT2D eigenvalue weighted by molar-refractivity contribution is 0.0820. The first-order chi connectivity index (χ1) is 15.1. The number of amides is 1. The van der Waals surface area contributed by atoms with Gasteiger partial charge < -0.3 is 19.8 Å². The lowest BCUT2D eigenvalue weighted by atomic mass is 9.89. The Bertz CT molecular complexity index is 978. The summed E-state index contributed by atoms with van der Waals surface area (Å²) in [5.41, 5.74) is 5.27. The standard InChI is InChI=1S/C27H37NO4/c1-8-9-10-11-20-15-24(29)25(22-14-19(6)12-13-21(22)17(2)3)26(30)23(20)16-28(7)27(31)32-18(4)5/h12-15,18,29-30H,2,8-11,16H2,1,3-7H3. The molecule has 2 aromatic carbocycles. The molecule has 2 aromatic rings. The number of carbonyl (C=O) groups is 1. The fraction of sp³-hybridized carbons (Fsp3) is 0.444. The third kappa shape index (κ3) is 6.06. The summed E-state index contributed by atoms with van der Waals surface area (Å²) in [5.74, 6) is 0.0204. The van der Waals surface area contributed by atoms with Gasteiger partial charge in [0, 0.05) is 12.6 Å². The number of carbonyl (C=O) groups excluding carboxylic acids is 1. The van der Waals surface area contributed by atoms with E-state index >= 15 is 0 Å². The maximum atomic E-state index is 12.4. The predicted octanol–water partition coefficient (Wildman–Crippen LogP) is 6.82. The number of unbranched alkanes of at least 4 members (excludes halogenated alkanes) is 2. The quantitative estimate of drug-likeness (QED) is 0.421. The molecule has 0 atom stereocenters. The summed E-state index contributed by atoms with van der Waals surface area (Å²) in [4.78, 5) is 13.9. The molecule has 2 N–H and O–H groups in total. The van der Waals surface area contributed by atoms with Crippen LogP contribution in [0.2, 0.25) is 0 Å². The van der Waals surface area contributed by atoms with Gasteiger partial charge in [-0.25, -0.2) is 4.79 Å². The first-order valence-corrected chi connectivity index (χ1v) is 11.3. The zero-order valence-electron chi connectivity index (χ0n) is 20.3. The molecule has 0 aliphatic heterocycles. The normalized spacial score (nSPS) is 11.0. The summed E-state index contributed by atoms with van der Waals surface area (Å²) in [7, 11) is 1.65. The van der Waals surface area contributed by atoms with Gasteiger partial charge in [0.25, 0.3) is 0 Å². The molecule has 0 fully saturated rings. The molecule has 0 heterocycles. The summed E-state index contributed by atoms with van der Waals surface area (Å²) >= 11 is 0. The average molecular weight is 440 g/mol. The van der Waals surface area contributed by atoms with Crippen molar-refractivity contribution >= 4 is 11.7 Å². The van der Waals surface area contributed by atoms with Crippen molar-refractivity contribution in [2.24, 2.45) is 0 Å². The summed E-state index contributed by atoms with van der Waals surface area (Å²) < 4.78 is 5.31. The van der Waals surface area contributed by atoms with E-state index in [0.717, 1.165) is 47.1 Å². The number of hydrogen-bond acceptors (Lipinski definition) is 4. The zero-order valence-corrected chi connectivity index (χ0v) is 20.3. The Kier molecular flexibility index (Phi) is 8.76. The Morgan fingerprint density at radius 3 is 2.47 bits per heavy atom. The van der Waals surface area contributed by atoms with Crippen molar-refractivity contribution in [1.82, 2.24) is 4.90 Å². The number of benzene rings is 2. The summed E-state index contributed by atoms with van der Waals surface area (Å²) in [6, 6.07) is 7.60. The molecule has 0 unspecified atom stereocenters. The van der Waals surface area contributed by atoms with Crippen LogP contribution in [0.15, 0.2) is 30.8 Å². The second-order valence-corrected chi connectivity index (χ2v) is 8.83. The molecule has 5 nitrogen and oxygen atoms in total. The van der Waals surface area contributed by atoms with Crippen molar-refractivity contribution in [3.63, 3.8) is 0 Å². The third-order valence-corrected chi connectivity index (χ3v) is 5.47. The third-order valence-electron chi connectivity index (χ3n) is 5.47. The van der Waals surface area contributed by atoms with Crippen LogP contribution in [0.5, 0.6) is 11.5 Å². The Balaban J connectivity index is 2.63. The van der Waals surface area contributed by atoms with Gasteiger partial charge in [-0.15, -0.1) is 0 Å². The molecule has 0 saturated carbocycles. The molecule has 0 aliphatic carbocycles. The maximum Gasteiger partial charge on any atom is 0.410 e. The Morgan fingerprint density at radius 2 is 1.88 bits per heavy atom. The molecule has 2 rings (SSSR count). The van der Waals surface area contributed by atoms with Crippen molar-refractivity contribution in [3.8, 4) is 22.6 Å². The highest BCUT2D eigenvalue weighted by Crippen LogP contribution is 2.45. The first kappa shape index (κ1) is 25.3. The largest absolute Gasteiger partial charge is 0.507 e. The molecule has 174 valence electrons. The van der Waals surface area contributed by atoms with Gasteiger partial charge in [-0.05, 0) is 63.3 Å². The van der Waals surface area contributed by atoms with Gasteiger partial charge in [0.1, 0.15) is 11.5 Å². The molecule has 0 aromatic heterocycles. The molecular formula is C27H37NO4. The van der Waals surface area contributed by atoms with Gasteiger partial charge in [0.2, 0.25) is 0 Å². The predicted molar refractivity (Wildman–Crippen MR) is 131 cm³/mol. The van der Waals surface area contributed by atoms with Crippen molar-refractivity contribution in [3.05, 3.63) is 53.1 Å². The van der Waals surface area contributed by atoms with E-state index < -0.39 is 6.09 Å². The molecule has 0 aliphatic rings. The monoisotopic (exact) mass is 439 g/mol. The molecule has 1 amide bonds. The van der Waals surface area contributed by atoms with Gasteiger partial charge in [-0.3, -0.25) is 0 Å². The highest BCUT2D eigenvalue weighted by molar-refractivity contribution is 5.87. The Labute approximate surface area is 192 Å².